The van der Waals surface area contributed by atoms with Gasteiger partial charge in [-0.05, 0) is 45.1 Å². The highest BCUT2D eigenvalue weighted by atomic mass is 15.2. The summed E-state index contributed by atoms with van der Waals surface area (Å²) in [5.74, 6) is 0.789. The van der Waals surface area contributed by atoms with E-state index in [1.54, 1.807) is 0 Å². The molecule has 1 saturated heterocycles. The Bertz CT molecular complexity index is 279. The van der Waals surface area contributed by atoms with Gasteiger partial charge in [-0.3, -0.25) is 5.32 Å². The average molecular weight is 221 g/mol. The molecule has 16 heavy (non-hydrogen) atoms. The van der Waals surface area contributed by atoms with Gasteiger partial charge in [-0.1, -0.05) is 6.92 Å². The number of rotatable bonds is 4. The third-order valence-electron chi connectivity index (χ3n) is 3.63. The Morgan fingerprint density at radius 2 is 2.19 bits per heavy atom. The molecule has 1 heterocycles. The summed E-state index contributed by atoms with van der Waals surface area (Å²) in [6, 6.07) is 3.06. The zero-order valence-corrected chi connectivity index (χ0v) is 10.5. The summed E-state index contributed by atoms with van der Waals surface area (Å²) in [5, 5.41) is 12.8. The van der Waals surface area contributed by atoms with Crippen molar-refractivity contribution in [3.05, 3.63) is 0 Å². The Labute approximate surface area is 98.8 Å². The Hall–Kier alpha value is -0.590. The van der Waals surface area contributed by atoms with Crippen LogP contribution in [0.3, 0.4) is 0 Å². The number of nitrogens with one attached hydrogen (secondary N) is 1. The van der Waals surface area contributed by atoms with Crippen molar-refractivity contribution in [3.8, 4) is 6.07 Å². The van der Waals surface area contributed by atoms with Crippen molar-refractivity contribution < 1.29 is 0 Å². The minimum Gasteiger partial charge on any atom is -0.300 e. The van der Waals surface area contributed by atoms with E-state index < -0.39 is 0 Å². The zero-order chi connectivity index (χ0) is 11.6. The molecule has 2 aliphatic rings. The van der Waals surface area contributed by atoms with E-state index in [1.807, 2.05) is 6.92 Å². The summed E-state index contributed by atoms with van der Waals surface area (Å²) in [6.07, 6.45) is 5.11. The van der Waals surface area contributed by atoms with E-state index >= 15 is 0 Å². The third-order valence-corrected chi connectivity index (χ3v) is 3.63. The molecule has 0 aromatic rings. The van der Waals surface area contributed by atoms with Gasteiger partial charge in [-0.2, -0.15) is 5.26 Å². The van der Waals surface area contributed by atoms with Gasteiger partial charge in [0.25, 0.3) is 0 Å². The predicted octanol–water partition coefficient (Wildman–Crippen LogP) is 1.75. The van der Waals surface area contributed by atoms with Crippen LogP contribution in [0.2, 0.25) is 0 Å². The third kappa shape index (κ3) is 3.20. The van der Waals surface area contributed by atoms with Gasteiger partial charge in [0.1, 0.15) is 5.54 Å². The van der Waals surface area contributed by atoms with Crippen LogP contribution in [0.15, 0.2) is 0 Å². The SMILES string of the molecule is CC1CCCN(CC(C)(C#N)NC2CC2)C1. The molecule has 0 amide bonds. The lowest BCUT2D eigenvalue weighted by Crippen LogP contribution is -2.53. The molecule has 0 bridgehead atoms. The van der Waals surface area contributed by atoms with Crippen molar-refractivity contribution in [2.75, 3.05) is 19.6 Å². The molecule has 2 atom stereocenters. The van der Waals surface area contributed by atoms with Gasteiger partial charge < -0.3 is 4.90 Å². The average Bonchev–Trinajstić information content (AvgIpc) is 3.01. The summed E-state index contributed by atoms with van der Waals surface area (Å²) in [6.45, 7) is 7.55. The van der Waals surface area contributed by atoms with Gasteiger partial charge in [-0.15, -0.1) is 0 Å². The van der Waals surface area contributed by atoms with Gasteiger partial charge in [0, 0.05) is 19.1 Å². The van der Waals surface area contributed by atoms with Gasteiger partial charge in [0.05, 0.1) is 6.07 Å². The molecular formula is C13H23N3. The summed E-state index contributed by atoms with van der Waals surface area (Å²) in [5.41, 5.74) is -0.349. The summed E-state index contributed by atoms with van der Waals surface area (Å²) in [7, 11) is 0. The van der Waals surface area contributed by atoms with Gasteiger partial charge >= 0.3 is 0 Å². The van der Waals surface area contributed by atoms with Crippen LogP contribution in [0, 0.1) is 17.2 Å². The Morgan fingerprint density at radius 1 is 1.44 bits per heavy atom. The molecule has 0 aromatic carbocycles. The normalized spacial score (nSPS) is 30.7. The number of nitrogens with zero attached hydrogens (tertiary/aromatic N) is 2. The molecule has 1 aliphatic heterocycles. The molecule has 3 heteroatoms. The minimum absolute atomic E-state index is 0.349. The second kappa shape index (κ2) is 4.73. The number of nitriles is 1. The number of hydrogen-bond acceptors (Lipinski definition) is 3. The maximum Gasteiger partial charge on any atom is 0.116 e. The predicted molar refractivity (Wildman–Crippen MR) is 65.0 cm³/mol. The van der Waals surface area contributed by atoms with Crippen molar-refractivity contribution in [3.63, 3.8) is 0 Å². The second-order valence-corrected chi connectivity index (χ2v) is 5.85. The maximum atomic E-state index is 9.32. The van der Waals surface area contributed by atoms with E-state index in [4.69, 9.17) is 0 Å². The first-order chi connectivity index (χ1) is 7.61. The van der Waals surface area contributed by atoms with Gasteiger partial charge in [0.15, 0.2) is 0 Å². The van der Waals surface area contributed by atoms with Gasteiger partial charge in [-0.25, -0.2) is 0 Å². The second-order valence-electron chi connectivity index (χ2n) is 5.85. The molecule has 0 aromatic heterocycles. The highest BCUT2D eigenvalue weighted by Crippen LogP contribution is 2.24. The molecule has 2 rings (SSSR count). The van der Waals surface area contributed by atoms with Crippen LogP contribution in [0.25, 0.3) is 0 Å². The van der Waals surface area contributed by atoms with Gasteiger partial charge in [0.2, 0.25) is 0 Å². The molecule has 1 aliphatic carbocycles. The zero-order valence-electron chi connectivity index (χ0n) is 10.5. The summed E-state index contributed by atoms with van der Waals surface area (Å²) < 4.78 is 0. The van der Waals surface area contributed by atoms with Crippen molar-refractivity contribution in [1.82, 2.24) is 10.2 Å². The van der Waals surface area contributed by atoms with Crippen molar-refractivity contribution >= 4 is 0 Å². The lowest BCUT2D eigenvalue weighted by molar-refractivity contribution is 0.153. The quantitative estimate of drug-likeness (QED) is 0.786. The largest absolute Gasteiger partial charge is 0.300 e. The van der Waals surface area contributed by atoms with Crippen molar-refractivity contribution in [2.24, 2.45) is 5.92 Å². The molecular weight excluding hydrogens is 198 g/mol. The van der Waals surface area contributed by atoms with Crippen LogP contribution in [-0.2, 0) is 0 Å². The Morgan fingerprint density at radius 3 is 2.75 bits per heavy atom. The molecule has 2 fully saturated rings. The van der Waals surface area contributed by atoms with Crippen LogP contribution in [0.1, 0.15) is 39.5 Å². The fourth-order valence-corrected chi connectivity index (χ4v) is 2.67. The van der Waals surface area contributed by atoms with E-state index in [1.165, 1.54) is 25.7 Å². The van der Waals surface area contributed by atoms with E-state index in [-0.39, 0.29) is 5.54 Å². The smallest absolute Gasteiger partial charge is 0.116 e. The van der Waals surface area contributed by atoms with Crippen molar-refractivity contribution in [2.45, 2.75) is 51.1 Å². The fraction of sp³-hybridized carbons (Fsp3) is 0.923. The first-order valence-corrected chi connectivity index (χ1v) is 6.52. The first-order valence-electron chi connectivity index (χ1n) is 6.52. The van der Waals surface area contributed by atoms with E-state index in [9.17, 15) is 5.26 Å². The van der Waals surface area contributed by atoms with Crippen LogP contribution in [0.5, 0.6) is 0 Å². The summed E-state index contributed by atoms with van der Waals surface area (Å²) >= 11 is 0. The van der Waals surface area contributed by atoms with Crippen LogP contribution in [0.4, 0.5) is 0 Å². The van der Waals surface area contributed by atoms with Crippen LogP contribution < -0.4 is 5.32 Å². The number of piperidine rings is 1. The summed E-state index contributed by atoms with van der Waals surface area (Å²) in [4.78, 5) is 2.45. The lowest BCUT2D eigenvalue weighted by Gasteiger charge is -2.36. The molecule has 0 spiro atoms. The Kier molecular flexibility index (Phi) is 3.51. The van der Waals surface area contributed by atoms with E-state index in [0.717, 1.165) is 25.6 Å². The highest BCUT2D eigenvalue weighted by molar-refractivity contribution is 5.09. The highest BCUT2D eigenvalue weighted by Gasteiger charge is 2.34. The molecule has 3 nitrogen and oxygen atoms in total. The molecule has 0 radical (unpaired) electrons. The van der Waals surface area contributed by atoms with Crippen LogP contribution >= 0.6 is 0 Å². The standard InChI is InChI=1S/C13H23N3/c1-11-4-3-7-16(8-11)10-13(2,9-14)15-12-5-6-12/h11-12,15H,3-8,10H2,1-2H3. The topological polar surface area (TPSA) is 39.1 Å². The molecule has 1 N–H and O–H groups in total. The lowest BCUT2D eigenvalue weighted by atomic mass is 9.97. The molecule has 90 valence electrons. The minimum atomic E-state index is -0.349. The first kappa shape index (κ1) is 11.9. The molecule has 1 saturated carbocycles. The monoisotopic (exact) mass is 221 g/mol. The Balaban J connectivity index is 1.87. The van der Waals surface area contributed by atoms with E-state index in [0.29, 0.717) is 6.04 Å². The number of likely N-dealkylation sites (tertiary alicyclic amines) is 1. The van der Waals surface area contributed by atoms with Crippen LogP contribution in [-0.4, -0.2) is 36.1 Å². The van der Waals surface area contributed by atoms with E-state index in [2.05, 4.69) is 23.2 Å². The maximum absolute atomic E-state index is 9.32. The van der Waals surface area contributed by atoms with Crippen molar-refractivity contribution in [1.29, 1.82) is 5.26 Å². The number of hydrogen-bond donors (Lipinski definition) is 1. The fourth-order valence-electron chi connectivity index (χ4n) is 2.67. The molecule has 2 unspecified atom stereocenters.